The molecular weight excluding hydrogens is 472 g/mol. The van der Waals surface area contributed by atoms with Crippen LogP contribution in [0, 0.1) is 25.7 Å². The van der Waals surface area contributed by atoms with Gasteiger partial charge in [0.05, 0.1) is 23.0 Å². The van der Waals surface area contributed by atoms with Gasteiger partial charge in [0.2, 0.25) is 0 Å². The molecule has 0 aromatic heterocycles. The third-order valence-corrected chi connectivity index (χ3v) is 9.08. The Bertz CT molecular complexity index is 1020. The minimum atomic E-state index is -3.93. The molecule has 1 aliphatic carbocycles. The number of hydrogen-bond acceptors (Lipinski definition) is 6. The second kappa shape index (κ2) is 12.3. The van der Waals surface area contributed by atoms with Crippen molar-refractivity contribution < 1.29 is 25.2 Å². The fourth-order valence-corrected chi connectivity index (χ4v) is 6.26. The van der Waals surface area contributed by atoms with Gasteiger partial charge in [-0.1, -0.05) is 80.3 Å². The van der Waals surface area contributed by atoms with Gasteiger partial charge in [-0.15, -0.1) is 0 Å². The highest BCUT2D eigenvalue weighted by atomic mass is 32.2. The summed E-state index contributed by atoms with van der Waals surface area (Å²) in [6.45, 7) is 3.52. The van der Waals surface area contributed by atoms with Crippen LogP contribution in [0.5, 0.6) is 0 Å². The molecule has 0 atom stereocenters. The third-order valence-electron chi connectivity index (χ3n) is 6.49. The fourth-order valence-electron chi connectivity index (χ4n) is 4.30. The monoisotopic (exact) mass is 508 g/mol. The first-order chi connectivity index (χ1) is 16.2. The molecule has 6 nitrogen and oxygen atoms in total. The van der Waals surface area contributed by atoms with Gasteiger partial charge in [0.25, 0.3) is 20.2 Å². The van der Waals surface area contributed by atoms with Gasteiger partial charge in [0.1, 0.15) is 0 Å². The molecule has 0 bridgehead atoms. The van der Waals surface area contributed by atoms with Gasteiger partial charge in [-0.3, -0.25) is 8.37 Å². The van der Waals surface area contributed by atoms with Crippen molar-refractivity contribution in [3.05, 3.63) is 59.7 Å². The van der Waals surface area contributed by atoms with Gasteiger partial charge in [-0.05, 0) is 50.5 Å². The van der Waals surface area contributed by atoms with Gasteiger partial charge >= 0.3 is 0 Å². The van der Waals surface area contributed by atoms with E-state index in [9.17, 15) is 16.8 Å². The molecule has 3 rings (SSSR count). The molecule has 0 amide bonds. The lowest BCUT2D eigenvalue weighted by Gasteiger charge is -2.23. The molecule has 1 fully saturated rings. The second-order valence-electron chi connectivity index (χ2n) is 9.40. The topological polar surface area (TPSA) is 86.7 Å². The van der Waals surface area contributed by atoms with E-state index >= 15 is 0 Å². The van der Waals surface area contributed by atoms with Crippen LogP contribution in [-0.4, -0.2) is 30.0 Å². The number of benzene rings is 2. The first-order valence-electron chi connectivity index (χ1n) is 12.1. The Kier molecular flexibility index (Phi) is 9.71. The SMILES string of the molecule is Cc1ccc(S(=O)(=O)OCC(CCCC2CCCCC2)COS(=O)(=O)c2ccc(C)cc2)cc1. The molecular formula is C26H36O6S2. The summed E-state index contributed by atoms with van der Waals surface area (Å²) in [5, 5.41) is 0. The van der Waals surface area contributed by atoms with E-state index in [0.29, 0.717) is 12.3 Å². The molecule has 1 saturated carbocycles. The summed E-state index contributed by atoms with van der Waals surface area (Å²) >= 11 is 0. The molecule has 2 aromatic carbocycles. The highest BCUT2D eigenvalue weighted by Gasteiger charge is 2.23. The predicted molar refractivity (Wildman–Crippen MR) is 133 cm³/mol. The maximum atomic E-state index is 12.6. The van der Waals surface area contributed by atoms with E-state index < -0.39 is 20.2 Å². The summed E-state index contributed by atoms with van der Waals surface area (Å²) in [5.74, 6) is 0.341. The van der Waals surface area contributed by atoms with E-state index in [-0.39, 0.29) is 28.9 Å². The summed E-state index contributed by atoms with van der Waals surface area (Å²) in [6, 6.07) is 12.9. The van der Waals surface area contributed by atoms with Crippen LogP contribution < -0.4 is 0 Å². The van der Waals surface area contributed by atoms with E-state index in [4.69, 9.17) is 8.37 Å². The Hall–Kier alpha value is -1.74. The Morgan fingerprint density at radius 3 is 1.62 bits per heavy atom. The molecule has 188 valence electrons. The van der Waals surface area contributed by atoms with Gasteiger partial charge < -0.3 is 0 Å². The van der Waals surface area contributed by atoms with Gasteiger partial charge in [-0.25, -0.2) is 0 Å². The van der Waals surface area contributed by atoms with Crippen LogP contribution in [-0.2, 0) is 28.6 Å². The zero-order valence-electron chi connectivity index (χ0n) is 20.1. The summed E-state index contributed by atoms with van der Waals surface area (Å²) < 4.78 is 61.3. The van der Waals surface area contributed by atoms with Crippen molar-refractivity contribution >= 4 is 20.2 Å². The Morgan fingerprint density at radius 2 is 1.18 bits per heavy atom. The summed E-state index contributed by atoms with van der Waals surface area (Å²) in [4.78, 5) is 0.180. The van der Waals surface area contributed by atoms with Crippen LogP contribution in [0.15, 0.2) is 58.3 Å². The van der Waals surface area contributed by atoms with Gasteiger partial charge in [-0.2, -0.15) is 16.8 Å². The van der Waals surface area contributed by atoms with E-state index in [1.165, 1.54) is 56.4 Å². The number of rotatable bonds is 12. The van der Waals surface area contributed by atoms with Crippen molar-refractivity contribution in [2.45, 2.75) is 75.0 Å². The normalized spacial score (nSPS) is 15.6. The second-order valence-corrected chi connectivity index (χ2v) is 12.6. The van der Waals surface area contributed by atoms with E-state index in [1.54, 1.807) is 24.3 Å². The average molecular weight is 509 g/mol. The summed E-state index contributed by atoms with van der Waals surface area (Å²) in [7, 11) is -7.87. The lowest BCUT2D eigenvalue weighted by atomic mass is 9.85. The van der Waals surface area contributed by atoms with Crippen LogP contribution in [0.25, 0.3) is 0 Å². The van der Waals surface area contributed by atoms with Crippen LogP contribution in [0.1, 0.15) is 62.5 Å². The van der Waals surface area contributed by atoms with E-state index in [2.05, 4.69) is 0 Å². The van der Waals surface area contributed by atoms with Gasteiger partial charge in [0, 0.05) is 5.92 Å². The van der Waals surface area contributed by atoms with Crippen LogP contribution >= 0.6 is 0 Å². The Labute approximate surface area is 204 Å². The highest BCUT2D eigenvalue weighted by Crippen LogP contribution is 2.29. The summed E-state index contributed by atoms with van der Waals surface area (Å²) in [5.41, 5.74) is 1.91. The predicted octanol–water partition coefficient (Wildman–Crippen LogP) is 5.78. The third kappa shape index (κ3) is 8.18. The molecule has 8 heteroatoms. The molecule has 34 heavy (non-hydrogen) atoms. The number of hydrogen-bond donors (Lipinski definition) is 0. The lowest BCUT2D eigenvalue weighted by molar-refractivity contribution is 0.171. The van der Waals surface area contributed by atoms with Crippen LogP contribution in [0.4, 0.5) is 0 Å². The van der Waals surface area contributed by atoms with Crippen molar-refractivity contribution in [2.75, 3.05) is 13.2 Å². The summed E-state index contributed by atoms with van der Waals surface area (Å²) in [6.07, 6.45) is 8.90. The van der Waals surface area contributed by atoms with Crippen molar-refractivity contribution in [3.8, 4) is 0 Å². The first kappa shape index (κ1) is 26.9. The zero-order chi connectivity index (χ0) is 24.6. The Balaban J connectivity index is 1.62. The number of aryl methyl sites for hydroxylation is 2. The highest BCUT2D eigenvalue weighted by molar-refractivity contribution is 7.87. The first-order valence-corrected chi connectivity index (χ1v) is 14.9. The van der Waals surface area contributed by atoms with Crippen molar-refractivity contribution in [1.82, 2.24) is 0 Å². The van der Waals surface area contributed by atoms with E-state index in [1.807, 2.05) is 13.8 Å². The molecule has 0 spiro atoms. The molecule has 0 saturated heterocycles. The minimum Gasteiger partial charge on any atom is -0.266 e. The molecule has 2 aromatic rings. The van der Waals surface area contributed by atoms with Crippen molar-refractivity contribution in [2.24, 2.45) is 11.8 Å². The fraction of sp³-hybridized carbons (Fsp3) is 0.538. The van der Waals surface area contributed by atoms with E-state index in [0.717, 1.165) is 24.0 Å². The maximum Gasteiger partial charge on any atom is 0.296 e. The van der Waals surface area contributed by atoms with Crippen LogP contribution in [0.2, 0.25) is 0 Å². The zero-order valence-corrected chi connectivity index (χ0v) is 21.7. The average Bonchev–Trinajstić information content (AvgIpc) is 2.82. The molecule has 0 radical (unpaired) electrons. The molecule has 1 aliphatic rings. The van der Waals surface area contributed by atoms with Crippen molar-refractivity contribution in [3.63, 3.8) is 0 Å². The molecule has 0 unspecified atom stereocenters. The molecule has 0 N–H and O–H groups in total. The maximum absolute atomic E-state index is 12.6. The smallest absolute Gasteiger partial charge is 0.266 e. The lowest BCUT2D eigenvalue weighted by Crippen LogP contribution is -2.22. The molecule has 0 aliphatic heterocycles. The standard InChI is InChI=1S/C26H36O6S2/c1-21-11-15-25(16-12-21)33(27,28)31-19-24(10-6-9-23-7-4-3-5-8-23)20-32-34(29,30)26-17-13-22(2)14-18-26/h11-18,23-24H,3-10,19-20H2,1-2H3. The van der Waals surface area contributed by atoms with Crippen molar-refractivity contribution in [1.29, 1.82) is 0 Å². The molecule has 0 heterocycles. The quantitative estimate of drug-likeness (QED) is 0.338. The van der Waals surface area contributed by atoms with Gasteiger partial charge in [0.15, 0.2) is 0 Å². The minimum absolute atomic E-state index is 0.0900. The largest absolute Gasteiger partial charge is 0.296 e. The van der Waals surface area contributed by atoms with Crippen LogP contribution in [0.3, 0.4) is 0 Å². The Morgan fingerprint density at radius 1 is 0.735 bits per heavy atom.